The molecular weight excluding hydrogens is 254 g/mol. The predicted octanol–water partition coefficient (Wildman–Crippen LogP) is 2.47. The fourth-order valence-electron chi connectivity index (χ4n) is 1.82. The Labute approximate surface area is 110 Å². The second-order valence-corrected chi connectivity index (χ2v) is 4.31. The van der Waals surface area contributed by atoms with Crippen molar-refractivity contribution in [1.82, 2.24) is 10.1 Å². The molecule has 0 aliphatic carbocycles. The van der Waals surface area contributed by atoms with E-state index in [1.54, 1.807) is 7.11 Å². The van der Waals surface area contributed by atoms with Crippen LogP contribution in [0.15, 0.2) is 10.6 Å². The summed E-state index contributed by atoms with van der Waals surface area (Å²) >= 11 is 6.19. The third-order valence-corrected chi connectivity index (χ3v) is 3.29. The van der Waals surface area contributed by atoms with Crippen LogP contribution in [0.25, 0.3) is 11.4 Å². The average molecular weight is 268 g/mol. The summed E-state index contributed by atoms with van der Waals surface area (Å²) < 4.78 is 10.4. The molecule has 96 valence electrons. The van der Waals surface area contributed by atoms with Crippen molar-refractivity contribution < 1.29 is 9.26 Å². The van der Waals surface area contributed by atoms with E-state index in [4.69, 9.17) is 26.6 Å². The molecule has 5 nitrogen and oxygen atoms in total. The van der Waals surface area contributed by atoms with E-state index in [1.165, 1.54) is 0 Å². The third-order valence-electron chi connectivity index (χ3n) is 2.71. The van der Waals surface area contributed by atoms with E-state index in [0.717, 1.165) is 16.7 Å². The maximum Gasteiger partial charge on any atom is 0.240 e. The minimum absolute atomic E-state index is 0.209. The number of benzene rings is 1. The van der Waals surface area contributed by atoms with E-state index in [-0.39, 0.29) is 6.54 Å². The molecule has 0 saturated heterocycles. The number of methoxy groups -OCH3 is 1. The molecule has 0 aliphatic heterocycles. The lowest BCUT2D eigenvalue weighted by atomic mass is 10.0. The van der Waals surface area contributed by atoms with Gasteiger partial charge in [0.05, 0.1) is 24.2 Å². The molecule has 0 amide bonds. The molecule has 2 N–H and O–H groups in total. The standard InChI is InChI=1S/C12H14ClN3O2/c1-6-4-8(11(17-3)7(2)10(6)13)12-15-9(5-14)18-16-12/h4H,5,14H2,1-3H3. The lowest BCUT2D eigenvalue weighted by Crippen LogP contribution is -1.97. The number of rotatable bonds is 3. The molecule has 0 aliphatic rings. The highest BCUT2D eigenvalue weighted by Crippen LogP contribution is 2.37. The number of aryl methyl sites for hydroxylation is 1. The SMILES string of the molecule is COc1c(-c2noc(CN)n2)cc(C)c(Cl)c1C. The van der Waals surface area contributed by atoms with Crippen molar-refractivity contribution in [3.05, 3.63) is 28.1 Å². The highest BCUT2D eigenvalue weighted by Gasteiger charge is 2.18. The molecule has 0 unspecified atom stereocenters. The highest BCUT2D eigenvalue weighted by molar-refractivity contribution is 6.32. The number of ether oxygens (including phenoxy) is 1. The monoisotopic (exact) mass is 267 g/mol. The molecule has 0 spiro atoms. The average Bonchev–Trinajstić information content (AvgIpc) is 2.84. The smallest absolute Gasteiger partial charge is 0.240 e. The summed E-state index contributed by atoms with van der Waals surface area (Å²) in [5, 5.41) is 4.57. The van der Waals surface area contributed by atoms with Crippen molar-refractivity contribution in [2.75, 3.05) is 7.11 Å². The second-order valence-electron chi connectivity index (χ2n) is 3.93. The van der Waals surface area contributed by atoms with Gasteiger partial charge in [0.2, 0.25) is 11.7 Å². The predicted molar refractivity (Wildman–Crippen MR) is 68.7 cm³/mol. The molecule has 1 aromatic heterocycles. The van der Waals surface area contributed by atoms with Crippen LogP contribution in [0.3, 0.4) is 0 Å². The van der Waals surface area contributed by atoms with Crippen LogP contribution in [0.4, 0.5) is 0 Å². The number of nitrogens with two attached hydrogens (primary N) is 1. The quantitative estimate of drug-likeness (QED) is 0.925. The van der Waals surface area contributed by atoms with Crippen molar-refractivity contribution in [2.24, 2.45) is 5.73 Å². The number of hydrogen-bond donors (Lipinski definition) is 1. The molecule has 6 heteroatoms. The molecule has 2 rings (SSSR count). The van der Waals surface area contributed by atoms with Gasteiger partial charge in [-0.05, 0) is 25.5 Å². The van der Waals surface area contributed by atoms with Gasteiger partial charge in [0, 0.05) is 5.56 Å². The van der Waals surface area contributed by atoms with Gasteiger partial charge in [0.25, 0.3) is 0 Å². The first-order valence-corrected chi connectivity index (χ1v) is 5.83. The molecule has 0 atom stereocenters. The van der Waals surface area contributed by atoms with E-state index in [9.17, 15) is 0 Å². The molecule has 0 radical (unpaired) electrons. The van der Waals surface area contributed by atoms with Crippen molar-refractivity contribution in [1.29, 1.82) is 0 Å². The molecule has 1 aromatic carbocycles. The van der Waals surface area contributed by atoms with Crippen molar-refractivity contribution >= 4 is 11.6 Å². The zero-order valence-corrected chi connectivity index (χ0v) is 11.2. The summed E-state index contributed by atoms with van der Waals surface area (Å²) in [5.41, 5.74) is 7.99. The molecule has 2 aromatic rings. The normalized spacial score (nSPS) is 10.7. The van der Waals surface area contributed by atoms with Gasteiger partial charge in [-0.15, -0.1) is 0 Å². The summed E-state index contributed by atoms with van der Waals surface area (Å²) in [6.45, 7) is 4.02. The summed E-state index contributed by atoms with van der Waals surface area (Å²) in [4.78, 5) is 4.19. The van der Waals surface area contributed by atoms with Gasteiger partial charge < -0.3 is 15.0 Å². The fourth-order valence-corrected chi connectivity index (χ4v) is 1.96. The number of hydrogen-bond acceptors (Lipinski definition) is 5. The van der Waals surface area contributed by atoms with Gasteiger partial charge in [-0.2, -0.15) is 4.98 Å². The topological polar surface area (TPSA) is 74.2 Å². The summed E-state index contributed by atoms with van der Waals surface area (Å²) in [6.07, 6.45) is 0. The summed E-state index contributed by atoms with van der Waals surface area (Å²) in [7, 11) is 1.58. The van der Waals surface area contributed by atoms with E-state index >= 15 is 0 Å². The minimum Gasteiger partial charge on any atom is -0.496 e. The summed E-state index contributed by atoms with van der Waals surface area (Å²) in [6, 6.07) is 1.87. The van der Waals surface area contributed by atoms with Crippen LogP contribution in [0.5, 0.6) is 5.75 Å². The first-order chi connectivity index (χ1) is 8.58. The summed E-state index contributed by atoms with van der Waals surface area (Å²) in [5.74, 6) is 1.49. The van der Waals surface area contributed by atoms with E-state index in [1.807, 2.05) is 19.9 Å². The molecule has 0 saturated carbocycles. The van der Waals surface area contributed by atoms with Crippen LogP contribution >= 0.6 is 11.6 Å². The first-order valence-electron chi connectivity index (χ1n) is 5.45. The van der Waals surface area contributed by atoms with Crippen molar-refractivity contribution in [2.45, 2.75) is 20.4 Å². The Balaban J connectivity index is 2.63. The lowest BCUT2D eigenvalue weighted by Gasteiger charge is -2.12. The number of nitrogens with zero attached hydrogens (tertiary/aromatic N) is 2. The van der Waals surface area contributed by atoms with Crippen molar-refractivity contribution in [3.8, 4) is 17.1 Å². The van der Waals surface area contributed by atoms with Gasteiger partial charge in [-0.25, -0.2) is 0 Å². The van der Waals surface area contributed by atoms with Gasteiger partial charge in [-0.3, -0.25) is 0 Å². The lowest BCUT2D eigenvalue weighted by molar-refractivity contribution is 0.379. The Kier molecular flexibility index (Phi) is 3.54. The van der Waals surface area contributed by atoms with Crippen LogP contribution in [0, 0.1) is 13.8 Å². The van der Waals surface area contributed by atoms with E-state index in [0.29, 0.717) is 22.5 Å². The zero-order valence-electron chi connectivity index (χ0n) is 10.5. The Morgan fingerprint density at radius 2 is 2.17 bits per heavy atom. The van der Waals surface area contributed by atoms with Crippen LogP contribution in [-0.2, 0) is 6.54 Å². The van der Waals surface area contributed by atoms with Crippen LogP contribution in [-0.4, -0.2) is 17.3 Å². The minimum atomic E-state index is 0.209. The third kappa shape index (κ3) is 2.07. The van der Waals surface area contributed by atoms with Crippen molar-refractivity contribution in [3.63, 3.8) is 0 Å². The Hall–Kier alpha value is -1.59. The van der Waals surface area contributed by atoms with Crippen LogP contribution < -0.4 is 10.5 Å². The second kappa shape index (κ2) is 4.96. The Morgan fingerprint density at radius 1 is 1.44 bits per heavy atom. The maximum absolute atomic E-state index is 6.19. The van der Waals surface area contributed by atoms with Gasteiger partial charge in [0.1, 0.15) is 5.75 Å². The largest absolute Gasteiger partial charge is 0.496 e. The molecule has 1 heterocycles. The van der Waals surface area contributed by atoms with Gasteiger partial charge in [0.15, 0.2) is 0 Å². The number of halogens is 1. The van der Waals surface area contributed by atoms with Gasteiger partial charge >= 0.3 is 0 Å². The highest BCUT2D eigenvalue weighted by atomic mass is 35.5. The van der Waals surface area contributed by atoms with E-state index in [2.05, 4.69) is 10.1 Å². The van der Waals surface area contributed by atoms with E-state index < -0.39 is 0 Å². The molecule has 0 fully saturated rings. The molecule has 0 bridgehead atoms. The fraction of sp³-hybridized carbons (Fsp3) is 0.333. The zero-order chi connectivity index (χ0) is 13.3. The van der Waals surface area contributed by atoms with Gasteiger partial charge in [-0.1, -0.05) is 16.8 Å². The maximum atomic E-state index is 6.19. The first kappa shape index (κ1) is 12.9. The number of aromatic nitrogens is 2. The molecule has 18 heavy (non-hydrogen) atoms. The van der Waals surface area contributed by atoms with Crippen LogP contribution in [0.2, 0.25) is 5.02 Å². The Bertz CT molecular complexity index is 581. The Morgan fingerprint density at radius 3 is 2.72 bits per heavy atom. The van der Waals surface area contributed by atoms with Crippen LogP contribution in [0.1, 0.15) is 17.0 Å². The molecular formula is C12H14ClN3O2.